The highest BCUT2D eigenvalue weighted by Gasteiger charge is 2.24. The second kappa shape index (κ2) is 6.10. The van der Waals surface area contributed by atoms with Crippen LogP contribution in [-0.4, -0.2) is 30.4 Å². The molecule has 0 aromatic heterocycles. The van der Waals surface area contributed by atoms with Crippen LogP contribution >= 0.6 is 0 Å². The Balaban J connectivity index is 1.88. The number of amides is 1. The van der Waals surface area contributed by atoms with E-state index in [9.17, 15) is 13.6 Å². The van der Waals surface area contributed by atoms with Crippen molar-refractivity contribution in [3.63, 3.8) is 0 Å². The molecule has 5 heteroatoms. The summed E-state index contributed by atoms with van der Waals surface area (Å²) in [4.78, 5) is 13.7. The van der Waals surface area contributed by atoms with Crippen LogP contribution in [0.4, 0.5) is 8.78 Å². The number of likely N-dealkylation sites (tertiary alicyclic amines) is 1. The number of benzene rings is 1. The highest BCUT2D eigenvalue weighted by Crippen LogP contribution is 2.17. The van der Waals surface area contributed by atoms with Crippen LogP contribution in [0.15, 0.2) is 18.2 Å². The SMILES string of the molecule is NC[C@H]1CCN(C(=O)CCc2cc(F)ccc2F)C1. The first-order chi connectivity index (χ1) is 9.10. The van der Waals surface area contributed by atoms with E-state index in [2.05, 4.69) is 0 Å². The predicted molar refractivity (Wildman–Crippen MR) is 68.4 cm³/mol. The molecule has 0 aliphatic carbocycles. The standard InChI is InChI=1S/C14H18F2N2O/c15-12-2-3-13(16)11(7-12)1-4-14(19)18-6-5-10(8-17)9-18/h2-3,7,10H,1,4-6,8-9,17H2/t10-/m1/s1. The molecular formula is C14H18F2N2O. The Morgan fingerprint density at radius 2 is 2.21 bits per heavy atom. The largest absolute Gasteiger partial charge is 0.342 e. The van der Waals surface area contributed by atoms with Gasteiger partial charge in [-0.25, -0.2) is 8.78 Å². The first-order valence-electron chi connectivity index (χ1n) is 6.52. The summed E-state index contributed by atoms with van der Waals surface area (Å²) in [5, 5.41) is 0. The van der Waals surface area contributed by atoms with Crippen molar-refractivity contribution in [3.8, 4) is 0 Å². The van der Waals surface area contributed by atoms with Crippen molar-refractivity contribution in [1.82, 2.24) is 4.90 Å². The molecule has 0 bridgehead atoms. The van der Waals surface area contributed by atoms with Gasteiger partial charge in [-0.1, -0.05) is 0 Å². The highest BCUT2D eigenvalue weighted by molar-refractivity contribution is 5.76. The Morgan fingerprint density at radius 3 is 2.89 bits per heavy atom. The Morgan fingerprint density at radius 1 is 1.42 bits per heavy atom. The van der Waals surface area contributed by atoms with Crippen molar-refractivity contribution in [2.75, 3.05) is 19.6 Å². The van der Waals surface area contributed by atoms with Crippen LogP contribution in [0.5, 0.6) is 0 Å². The Bertz CT molecular complexity index is 465. The van der Waals surface area contributed by atoms with Gasteiger partial charge in [0.1, 0.15) is 11.6 Å². The van der Waals surface area contributed by atoms with Crippen LogP contribution in [0.3, 0.4) is 0 Å². The monoisotopic (exact) mass is 268 g/mol. The number of hydrogen-bond acceptors (Lipinski definition) is 2. The molecule has 2 N–H and O–H groups in total. The smallest absolute Gasteiger partial charge is 0.222 e. The van der Waals surface area contributed by atoms with Crippen molar-refractivity contribution in [3.05, 3.63) is 35.4 Å². The minimum absolute atomic E-state index is 0.0142. The number of carbonyl (C=O) groups is 1. The third-order valence-electron chi connectivity index (χ3n) is 3.59. The van der Waals surface area contributed by atoms with Crippen molar-refractivity contribution in [2.45, 2.75) is 19.3 Å². The van der Waals surface area contributed by atoms with E-state index < -0.39 is 11.6 Å². The zero-order chi connectivity index (χ0) is 13.8. The molecule has 2 rings (SSSR count). The molecule has 0 spiro atoms. The van der Waals surface area contributed by atoms with E-state index >= 15 is 0 Å². The van der Waals surface area contributed by atoms with E-state index in [1.165, 1.54) is 0 Å². The molecule has 1 heterocycles. The zero-order valence-corrected chi connectivity index (χ0v) is 10.7. The molecule has 1 aliphatic rings. The van der Waals surface area contributed by atoms with Gasteiger partial charge in [0.2, 0.25) is 5.91 Å². The second-order valence-electron chi connectivity index (χ2n) is 4.97. The summed E-state index contributed by atoms with van der Waals surface area (Å²) in [6, 6.07) is 3.32. The molecule has 3 nitrogen and oxygen atoms in total. The van der Waals surface area contributed by atoms with E-state index in [1.54, 1.807) is 4.90 Å². The van der Waals surface area contributed by atoms with Gasteiger partial charge in [-0.05, 0) is 49.1 Å². The van der Waals surface area contributed by atoms with Crippen LogP contribution in [0.25, 0.3) is 0 Å². The molecule has 1 atom stereocenters. The van der Waals surface area contributed by atoms with Crippen LogP contribution < -0.4 is 5.73 Å². The summed E-state index contributed by atoms with van der Waals surface area (Å²) in [7, 11) is 0. The number of hydrogen-bond donors (Lipinski definition) is 1. The minimum Gasteiger partial charge on any atom is -0.342 e. The number of carbonyl (C=O) groups excluding carboxylic acids is 1. The summed E-state index contributed by atoms with van der Waals surface area (Å²) < 4.78 is 26.4. The molecule has 1 saturated heterocycles. The molecule has 1 aromatic rings. The van der Waals surface area contributed by atoms with Gasteiger partial charge in [0.05, 0.1) is 0 Å². The maximum absolute atomic E-state index is 13.4. The van der Waals surface area contributed by atoms with Crippen LogP contribution in [0, 0.1) is 17.6 Å². The number of rotatable bonds is 4. The Labute approximate surface area is 111 Å². The molecule has 1 fully saturated rings. The lowest BCUT2D eigenvalue weighted by molar-refractivity contribution is -0.130. The third-order valence-corrected chi connectivity index (χ3v) is 3.59. The summed E-state index contributed by atoms with van der Waals surface area (Å²) in [6.07, 6.45) is 1.36. The van der Waals surface area contributed by atoms with E-state index in [0.29, 0.717) is 25.6 Å². The van der Waals surface area contributed by atoms with Crippen LogP contribution in [0.1, 0.15) is 18.4 Å². The summed E-state index contributed by atoms with van der Waals surface area (Å²) in [6.45, 7) is 1.98. The summed E-state index contributed by atoms with van der Waals surface area (Å²) in [5.41, 5.74) is 5.82. The molecule has 19 heavy (non-hydrogen) atoms. The second-order valence-corrected chi connectivity index (χ2v) is 4.97. The predicted octanol–water partition coefficient (Wildman–Crippen LogP) is 1.70. The first-order valence-corrected chi connectivity index (χ1v) is 6.52. The fraction of sp³-hybridized carbons (Fsp3) is 0.500. The van der Waals surface area contributed by atoms with Crippen molar-refractivity contribution >= 4 is 5.91 Å². The molecular weight excluding hydrogens is 250 g/mol. The molecule has 1 aliphatic heterocycles. The van der Waals surface area contributed by atoms with Gasteiger partial charge in [-0.15, -0.1) is 0 Å². The lowest BCUT2D eigenvalue weighted by Gasteiger charge is -2.16. The van der Waals surface area contributed by atoms with Crippen molar-refractivity contribution in [2.24, 2.45) is 11.7 Å². The number of nitrogens with two attached hydrogens (primary N) is 1. The van der Waals surface area contributed by atoms with Crippen molar-refractivity contribution < 1.29 is 13.6 Å². The van der Waals surface area contributed by atoms with E-state index in [4.69, 9.17) is 5.73 Å². The number of aryl methyl sites for hydroxylation is 1. The molecule has 0 unspecified atom stereocenters. The fourth-order valence-electron chi connectivity index (χ4n) is 2.39. The van der Waals surface area contributed by atoms with Crippen LogP contribution in [0.2, 0.25) is 0 Å². The first kappa shape index (κ1) is 13.9. The Hall–Kier alpha value is -1.49. The minimum atomic E-state index is -0.479. The van der Waals surface area contributed by atoms with E-state index in [1.807, 2.05) is 0 Å². The quantitative estimate of drug-likeness (QED) is 0.903. The molecule has 1 amide bonds. The number of nitrogens with zero attached hydrogens (tertiary/aromatic N) is 1. The van der Waals surface area contributed by atoms with Gasteiger partial charge in [-0.2, -0.15) is 0 Å². The highest BCUT2D eigenvalue weighted by atomic mass is 19.1. The zero-order valence-electron chi connectivity index (χ0n) is 10.7. The van der Waals surface area contributed by atoms with E-state index in [-0.39, 0.29) is 24.3 Å². The lowest BCUT2D eigenvalue weighted by Crippen LogP contribution is -2.30. The van der Waals surface area contributed by atoms with Gasteiger partial charge in [0, 0.05) is 19.5 Å². The van der Waals surface area contributed by atoms with Crippen molar-refractivity contribution in [1.29, 1.82) is 0 Å². The lowest BCUT2D eigenvalue weighted by atomic mass is 10.1. The van der Waals surface area contributed by atoms with Gasteiger partial charge in [-0.3, -0.25) is 4.79 Å². The number of halogens is 2. The maximum atomic E-state index is 13.4. The summed E-state index contributed by atoms with van der Waals surface area (Å²) in [5.74, 6) is -0.585. The third kappa shape index (κ3) is 3.50. The van der Waals surface area contributed by atoms with Gasteiger partial charge >= 0.3 is 0 Å². The van der Waals surface area contributed by atoms with Crippen LogP contribution in [-0.2, 0) is 11.2 Å². The Kier molecular flexibility index (Phi) is 4.47. The van der Waals surface area contributed by atoms with Gasteiger partial charge in [0.15, 0.2) is 0 Å². The van der Waals surface area contributed by atoms with Gasteiger partial charge in [0.25, 0.3) is 0 Å². The average molecular weight is 268 g/mol. The molecule has 0 radical (unpaired) electrons. The average Bonchev–Trinajstić information content (AvgIpc) is 2.88. The molecule has 104 valence electrons. The maximum Gasteiger partial charge on any atom is 0.222 e. The van der Waals surface area contributed by atoms with Gasteiger partial charge < -0.3 is 10.6 Å². The fourth-order valence-corrected chi connectivity index (χ4v) is 2.39. The summed E-state index contributed by atoms with van der Waals surface area (Å²) >= 11 is 0. The molecule has 1 aromatic carbocycles. The molecule has 0 saturated carbocycles. The van der Waals surface area contributed by atoms with E-state index in [0.717, 1.165) is 24.6 Å². The normalized spacial score (nSPS) is 18.9. The topological polar surface area (TPSA) is 46.3 Å².